The Morgan fingerprint density at radius 2 is 2.05 bits per heavy atom. The van der Waals surface area contributed by atoms with Crippen LogP contribution in [0, 0.1) is 5.92 Å². The first-order chi connectivity index (χ1) is 9.24. The van der Waals surface area contributed by atoms with Crippen LogP contribution in [-0.4, -0.2) is 33.3 Å². The van der Waals surface area contributed by atoms with Crippen molar-refractivity contribution in [2.75, 3.05) is 27.2 Å². The molecule has 1 aliphatic rings. The van der Waals surface area contributed by atoms with Gasteiger partial charge in [0.15, 0.2) is 0 Å². The number of fused-ring (bicyclic) bond motifs is 1. The van der Waals surface area contributed by atoms with Crippen LogP contribution >= 0.6 is 24.8 Å². The minimum atomic E-state index is 0. The summed E-state index contributed by atoms with van der Waals surface area (Å²) in [6.07, 6.45) is 3.47. The summed E-state index contributed by atoms with van der Waals surface area (Å²) >= 11 is 0. The van der Waals surface area contributed by atoms with Crippen LogP contribution in [0.2, 0.25) is 0 Å². The van der Waals surface area contributed by atoms with Crippen molar-refractivity contribution in [1.82, 2.24) is 10.6 Å². The van der Waals surface area contributed by atoms with Crippen molar-refractivity contribution in [2.24, 2.45) is 5.92 Å². The van der Waals surface area contributed by atoms with Crippen LogP contribution in [0.4, 0.5) is 0 Å². The Morgan fingerprint density at radius 3 is 2.71 bits per heavy atom. The monoisotopic (exact) mass is 334 g/mol. The Hall–Kier alpha value is -0.480. The van der Waals surface area contributed by atoms with Crippen molar-refractivity contribution in [2.45, 2.75) is 32.2 Å². The second-order valence-corrected chi connectivity index (χ2v) is 5.61. The molecule has 0 radical (unpaired) electrons. The first kappa shape index (κ1) is 20.5. The van der Waals surface area contributed by atoms with Gasteiger partial charge < -0.3 is 15.4 Å². The van der Waals surface area contributed by atoms with Gasteiger partial charge in [0.1, 0.15) is 5.75 Å². The molecule has 1 aromatic rings. The van der Waals surface area contributed by atoms with E-state index >= 15 is 0 Å². The molecular formula is C16H28Cl2N2O. The lowest BCUT2D eigenvalue weighted by atomic mass is 9.87. The summed E-state index contributed by atoms with van der Waals surface area (Å²) < 4.78 is 5.49. The largest absolute Gasteiger partial charge is 0.496 e. The Labute approximate surface area is 141 Å². The second kappa shape index (κ2) is 10.3. The maximum atomic E-state index is 5.49. The number of aryl methyl sites for hydroxylation is 1. The summed E-state index contributed by atoms with van der Waals surface area (Å²) in [5, 5.41) is 6.93. The maximum absolute atomic E-state index is 5.49. The predicted octanol–water partition coefficient (Wildman–Crippen LogP) is 2.84. The molecule has 2 rings (SSSR count). The van der Waals surface area contributed by atoms with Gasteiger partial charge in [-0.1, -0.05) is 19.1 Å². The highest BCUT2D eigenvalue weighted by Gasteiger charge is 2.21. The summed E-state index contributed by atoms with van der Waals surface area (Å²) in [6, 6.07) is 6.99. The second-order valence-electron chi connectivity index (χ2n) is 5.61. The lowest BCUT2D eigenvalue weighted by molar-refractivity contribution is 0.382. The summed E-state index contributed by atoms with van der Waals surface area (Å²) in [5.74, 6) is 1.72. The third-order valence-corrected chi connectivity index (χ3v) is 3.97. The van der Waals surface area contributed by atoms with Gasteiger partial charge in [0.2, 0.25) is 0 Å². The quantitative estimate of drug-likeness (QED) is 0.839. The van der Waals surface area contributed by atoms with Gasteiger partial charge in [-0.2, -0.15) is 0 Å². The van der Waals surface area contributed by atoms with E-state index in [-0.39, 0.29) is 24.8 Å². The molecule has 0 fully saturated rings. The van der Waals surface area contributed by atoms with Crippen LogP contribution in [-0.2, 0) is 12.8 Å². The van der Waals surface area contributed by atoms with Gasteiger partial charge >= 0.3 is 0 Å². The molecule has 0 amide bonds. The van der Waals surface area contributed by atoms with E-state index in [1.54, 1.807) is 7.11 Å². The lowest BCUT2D eigenvalue weighted by Gasteiger charge is -2.28. The third kappa shape index (κ3) is 5.67. The fraction of sp³-hybridized carbons (Fsp3) is 0.625. The Morgan fingerprint density at radius 1 is 1.29 bits per heavy atom. The maximum Gasteiger partial charge on any atom is 0.122 e. The van der Waals surface area contributed by atoms with Crippen LogP contribution in [0.1, 0.15) is 24.5 Å². The Bertz CT molecular complexity index is 401. The summed E-state index contributed by atoms with van der Waals surface area (Å²) in [4.78, 5) is 0. The van der Waals surface area contributed by atoms with Crippen LogP contribution < -0.4 is 15.4 Å². The van der Waals surface area contributed by atoms with Crippen LogP contribution in [0.5, 0.6) is 5.75 Å². The molecule has 1 aliphatic carbocycles. The van der Waals surface area contributed by atoms with E-state index in [0.29, 0.717) is 12.0 Å². The first-order valence-electron chi connectivity index (χ1n) is 7.27. The molecule has 0 saturated carbocycles. The molecule has 122 valence electrons. The van der Waals surface area contributed by atoms with E-state index in [0.717, 1.165) is 31.7 Å². The van der Waals surface area contributed by atoms with E-state index in [9.17, 15) is 0 Å². The van der Waals surface area contributed by atoms with E-state index in [2.05, 4.69) is 35.8 Å². The molecular weight excluding hydrogens is 307 g/mol. The lowest BCUT2D eigenvalue weighted by Crippen LogP contribution is -2.38. The van der Waals surface area contributed by atoms with Crippen molar-refractivity contribution in [3.8, 4) is 5.75 Å². The van der Waals surface area contributed by atoms with Crippen molar-refractivity contribution < 1.29 is 4.74 Å². The van der Waals surface area contributed by atoms with Crippen molar-refractivity contribution in [3.63, 3.8) is 0 Å². The third-order valence-electron chi connectivity index (χ3n) is 3.97. The number of rotatable bonds is 6. The molecule has 0 spiro atoms. The molecule has 1 aromatic carbocycles. The number of halogens is 2. The minimum absolute atomic E-state index is 0. The number of nitrogens with one attached hydrogen (secondary N) is 2. The van der Waals surface area contributed by atoms with Gasteiger partial charge in [-0.15, -0.1) is 24.8 Å². The van der Waals surface area contributed by atoms with E-state index in [1.807, 2.05) is 7.05 Å². The molecule has 0 bridgehead atoms. The number of methoxy groups -OCH3 is 1. The minimum Gasteiger partial charge on any atom is -0.496 e. The van der Waals surface area contributed by atoms with Crippen molar-refractivity contribution in [1.29, 1.82) is 0 Å². The molecule has 0 saturated heterocycles. The number of hydrogen-bond acceptors (Lipinski definition) is 3. The van der Waals surface area contributed by atoms with E-state index in [1.165, 1.54) is 17.5 Å². The average Bonchev–Trinajstić information content (AvgIpc) is 2.44. The van der Waals surface area contributed by atoms with Crippen molar-refractivity contribution in [3.05, 3.63) is 29.3 Å². The van der Waals surface area contributed by atoms with Crippen LogP contribution in [0.25, 0.3) is 0 Å². The molecule has 2 N–H and O–H groups in total. The molecule has 0 aromatic heterocycles. The highest BCUT2D eigenvalue weighted by Crippen LogP contribution is 2.29. The molecule has 0 aliphatic heterocycles. The normalized spacial score (nSPS) is 18.0. The van der Waals surface area contributed by atoms with Gasteiger partial charge in [-0.3, -0.25) is 0 Å². The molecule has 3 nitrogen and oxygen atoms in total. The highest BCUT2D eigenvalue weighted by molar-refractivity contribution is 5.85. The van der Waals surface area contributed by atoms with Crippen LogP contribution in [0.15, 0.2) is 18.2 Å². The summed E-state index contributed by atoms with van der Waals surface area (Å²) in [7, 11) is 3.78. The molecule has 2 unspecified atom stereocenters. The topological polar surface area (TPSA) is 33.3 Å². The standard InChI is InChI=1S/C16H26N2O.2ClH/c1-12(10-17-2)11-18-14-8-7-13-5-4-6-16(19-3)15(13)9-14;;/h4-6,12,14,17-18H,7-11H2,1-3H3;2*1H. The Kier molecular flexibility index (Phi) is 10.0. The summed E-state index contributed by atoms with van der Waals surface area (Å²) in [6.45, 7) is 4.43. The van der Waals surface area contributed by atoms with E-state index in [4.69, 9.17) is 4.74 Å². The van der Waals surface area contributed by atoms with Gasteiger partial charge in [-0.05, 0) is 62.5 Å². The highest BCUT2D eigenvalue weighted by atomic mass is 35.5. The van der Waals surface area contributed by atoms with Gasteiger partial charge in [0.05, 0.1) is 7.11 Å². The molecule has 0 heterocycles. The number of benzene rings is 1. The molecule has 5 heteroatoms. The van der Waals surface area contributed by atoms with E-state index < -0.39 is 0 Å². The SMILES string of the molecule is CNCC(C)CNC1CCc2cccc(OC)c2C1.Cl.Cl. The zero-order valence-corrected chi connectivity index (χ0v) is 14.8. The van der Waals surface area contributed by atoms with Crippen molar-refractivity contribution >= 4 is 24.8 Å². The average molecular weight is 335 g/mol. The molecule has 21 heavy (non-hydrogen) atoms. The number of ether oxygens (including phenoxy) is 1. The Balaban J connectivity index is 0.00000200. The fourth-order valence-corrected chi connectivity index (χ4v) is 2.91. The van der Waals surface area contributed by atoms with Gasteiger partial charge in [0, 0.05) is 6.04 Å². The molecule has 2 atom stereocenters. The fourth-order valence-electron chi connectivity index (χ4n) is 2.91. The van der Waals surface area contributed by atoms with Gasteiger partial charge in [-0.25, -0.2) is 0 Å². The van der Waals surface area contributed by atoms with Crippen LogP contribution in [0.3, 0.4) is 0 Å². The summed E-state index contributed by atoms with van der Waals surface area (Å²) in [5.41, 5.74) is 2.86. The zero-order chi connectivity index (χ0) is 13.7. The van der Waals surface area contributed by atoms with Gasteiger partial charge in [0.25, 0.3) is 0 Å². The predicted molar refractivity (Wildman–Crippen MR) is 94.4 cm³/mol. The zero-order valence-electron chi connectivity index (χ0n) is 13.1. The smallest absolute Gasteiger partial charge is 0.122 e. The number of hydrogen-bond donors (Lipinski definition) is 2. The first-order valence-corrected chi connectivity index (χ1v) is 7.27.